The summed E-state index contributed by atoms with van der Waals surface area (Å²) in [5.74, 6) is -0.851. The molecule has 0 spiro atoms. The van der Waals surface area contributed by atoms with E-state index in [4.69, 9.17) is 4.99 Å². The maximum atomic E-state index is 10.5. The van der Waals surface area contributed by atoms with E-state index in [1.807, 2.05) is 25.1 Å². The molecule has 0 N–H and O–H groups in total. The summed E-state index contributed by atoms with van der Waals surface area (Å²) in [7, 11) is 0. The van der Waals surface area contributed by atoms with Gasteiger partial charge in [0.25, 0.3) is 0 Å². The van der Waals surface area contributed by atoms with Crippen molar-refractivity contribution >= 4 is 11.4 Å². The van der Waals surface area contributed by atoms with Gasteiger partial charge in [0, 0.05) is 6.20 Å². The third-order valence-electron chi connectivity index (χ3n) is 4.38. The van der Waals surface area contributed by atoms with Crippen molar-refractivity contribution in [1.29, 1.82) is 0 Å². The van der Waals surface area contributed by atoms with Gasteiger partial charge in [0.15, 0.2) is 0 Å². The zero-order valence-electron chi connectivity index (χ0n) is 17.2. The number of pyridine rings is 1. The van der Waals surface area contributed by atoms with Gasteiger partial charge < -0.3 is 10.2 Å². The standard InChI is InChI=1S/C17H20N2.C7H8O2.Ni/c1-4-14-9-8-10-15(5-2)17(14)19-13(3)16-11-6-7-12-18-16;1-5-2-3-6(8)7(9)4-5;/h6-12H,4-5H2,1-3H3;2-4,8-9H,1H3;/q;;+2/p-2. The number of hydrogen-bond acceptors (Lipinski definition) is 4. The Morgan fingerprint density at radius 2 is 1.55 bits per heavy atom. The van der Waals surface area contributed by atoms with E-state index in [1.54, 1.807) is 19.2 Å². The minimum atomic E-state index is -0.430. The summed E-state index contributed by atoms with van der Waals surface area (Å²) >= 11 is 0. The van der Waals surface area contributed by atoms with E-state index in [0.29, 0.717) is 0 Å². The second-order valence-electron chi connectivity index (χ2n) is 6.49. The third-order valence-corrected chi connectivity index (χ3v) is 4.38. The van der Waals surface area contributed by atoms with Crippen LogP contribution in [0.25, 0.3) is 0 Å². The van der Waals surface area contributed by atoms with Gasteiger partial charge in [0.2, 0.25) is 0 Å². The molecule has 29 heavy (non-hydrogen) atoms. The van der Waals surface area contributed by atoms with Crippen molar-refractivity contribution in [2.24, 2.45) is 4.99 Å². The number of hydrogen-bond donors (Lipinski definition) is 0. The van der Waals surface area contributed by atoms with Crippen LogP contribution in [0.1, 0.15) is 43.2 Å². The van der Waals surface area contributed by atoms with Gasteiger partial charge in [-0.1, -0.05) is 61.9 Å². The molecule has 5 heteroatoms. The van der Waals surface area contributed by atoms with Crippen molar-refractivity contribution in [2.45, 2.75) is 40.5 Å². The van der Waals surface area contributed by atoms with E-state index >= 15 is 0 Å². The minimum absolute atomic E-state index is 0. The van der Waals surface area contributed by atoms with Gasteiger partial charge in [0.05, 0.1) is 17.1 Å². The number of para-hydroxylation sites is 1. The molecule has 0 aliphatic rings. The molecule has 0 atom stereocenters. The Morgan fingerprint density at radius 1 is 0.897 bits per heavy atom. The molecule has 0 amide bonds. The van der Waals surface area contributed by atoms with Crippen LogP contribution in [0.3, 0.4) is 0 Å². The number of aromatic nitrogens is 1. The Hall–Kier alpha value is -2.65. The first kappa shape index (κ1) is 24.4. The van der Waals surface area contributed by atoms with Crippen molar-refractivity contribution in [3.8, 4) is 11.5 Å². The SMILES string of the molecule is CCc1cccc(CC)c1N=C(C)c1ccccn1.Cc1ccc([O-])c([O-])c1.[Ni+2]. The molecule has 154 valence electrons. The predicted molar refractivity (Wildman–Crippen MR) is 111 cm³/mol. The first-order valence-electron chi connectivity index (χ1n) is 9.48. The Morgan fingerprint density at radius 3 is 2.03 bits per heavy atom. The first-order valence-corrected chi connectivity index (χ1v) is 9.48. The largest absolute Gasteiger partial charge is 2.00 e. The zero-order chi connectivity index (χ0) is 20.5. The van der Waals surface area contributed by atoms with E-state index in [2.05, 4.69) is 37.0 Å². The molecule has 0 saturated carbocycles. The average Bonchev–Trinajstić information content (AvgIpc) is 2.72. The molecule has 1 aromatic heterocycles. The van der Waals surface area contributed by atoms with Crippen molar-refractivity contribution in [1.82, 2.24) is 4.98 Å². The van der Waals surface area contributed by atoms with Crippen LogP contribution in [0.15, 0.2) is 65.8 Å². The molecule has 1 heterocycles. The van der Waals surface area contributed by atoms with E-state index in [0.717, 1.165) is 35.5 Å². The van der Waals surface area contributed by atoms with Gasteiger partial charge >= 0.3 is 16.5 Å². The fourth-order valence-electron chi connectivity index (χ4n) is 2.78. The monoisotopic (exact) mass is 432 g/mol. The Kier molecular flexibility index (Phi) is 10.1. The van der Waals surface area contributed by atoms with Crippen molar-refractivity contribution in [3.05, 3.63) is 83.2 Å². The van der Waals surface area contributed by atoms with Gasteiger partial charge in [-0.25, -0.2) is 0 Å². The molecule has 3 aromatic rings. The molecular formula is C24H26N2NiO2. The number of aryl methyl sites for hydroxylation is 3. The Labute approximate surface area is 183 Å². The summed E-state index contributed by atoms with van der Waals surface area (Å²) in [6.07, 6.45) is 3.81. The van der Waals surface area contributed by atoms with Crippen LogP contribution in [0.4, 0.5) is 5.69 Å². The molecule has 0 unspecified atom stereocenters. The van der Waals surface area contributed by atoms with Crippen LogP contribution in [-0.4, -0.2) is 10.7 Å². The average molecular weight is 433 g/mol. The summed E-state index contributed by atoms with van der Waals surface area (Å²) in [6, 6.07) is 16.6. The number of benzene rings is 2. The fraction of sp³-hybridized carbons (Fsp3) is 0.250. The van der Waals surface area contributed by atoms with E-state index in [-0.39, 0.29) is 16.5 Å². The van der Waals surface area contributed by atoms with E-state index < -0.39 is 11.5 Å². The summed E-state index contributed by atoms with van der Waals surface area (Å²) in [5, 5.41) is 21.0. The molecule has 2 aromatic carbocycles. The van der Waals surface area contributed by atoms with Crippen LogP contribution in [-0.2, 0) is 29.3 Å². The van der Waals surface area contributed by atoms with Crippen LogP contribution < -0.4 is 10.2 Å². The molecule has 0 aliphatic carbocycles. The van der Waals surface area contributed by atoms with Crippen LogP contribution >= 0.6 is 0 Å². The summed E-state index contributed by atoms with van der Waals surface area (Å²) in [6.45, 7) is 8.14. The number of rotatable bonds is 4. The minimum Gasteiger partial charge on any atom is -0.873 e. The fourth-order valence-corrected chi connectivity index (χ4v) is 2.78. The van der Waals surface area contributed by atoms with Crippen molar-refractivity contribution < 1.29 is 26.7 Å². The second kappa shape index (κ2) is 12.0. The quantitative estimate of drug-likeness (QED) is 0.450. The Balaban J connectivity index is 0.000000355. The summed E-state index contributed by atoms with van der Waals surface area (Å²) < 4.78 is 0. The third kappa shape index (κ3) is 7.03. The van der Waals surface area contributed by atoms with Gasteiger partial charge in [-0.2, -0.15) is 0 Å². The molecule has 4 nitrogen and oxygen atoms in total. The molecule has 3 rings (SSSR count). The van der Waals surface area contributed by atoms with Crippen molar-refractivity contribution in [3.63, 3.8) is 0 Å². The zero-order valence-corrected chi connectivity index (χ0v) is 18.2. The van der Waals surface area contributed by atoms with Crippen LogP contribution in [0.2, 0.25) is 0 Å². The summed E-state index contributed by atoms with van der Waals surface area (Å²) in [4.78, 5) is 9.18. The second-order valence-corrected chi connectivity index (χ2v) is 6.49. The normalized spacial score (nSPS) is 10.6. The molecule has 0 bridgehead atoms. The number of aliphatic imine (C=N–C) groups is 1. The summed E-state index contributed by atoms with van der Waals surface area (Å²) in [5.41, 5.74) is 6.46. The topological polar surface area (TPSA) is 71.4 Å². The molecule has 0 aliphatic heterocycles. The van der Waals surface area contributed by atoms with Crippen molar-refractivity contribution in [2.75, 3.05) is 0 Å². The predicted octanol–water partition coefficient (Wildman–Crippen LogP) is 4.49. The molecule has 0 saturated heterocycles. The van der Waals surface area contributed by atoms with Gasteiger partial charge in [-0.05, 0) is 49.9 Å². The Bertz CT molecular complexity index is 919. The molecular weight excluding hydrogens is 407 g/mol. The van der Waals surface area contributed by atoms with E-state index in [9.17, 15) is 10.2 Å². The van der Waals surface area contributed by atoms with Gasteiger partial charge in [0.1, 0.15) is 0 Å². The van der Waals surface area contributed by atoms with Gasteiger partial charge in [-0.3, -0.25) is 9.98 Å². The first-order chi connectivity index (χ1) is 13.5. The van der Waals surface area contributed by atoms with Crippen LogP contribution in [0, 0.1) is 6.92 Å². The smallest absolute Gasteiger partial charge is 0.873 e. The van der Waals surface area contributed by atoms with E-state index in [1.165, 1.54) is 23.3 Å². The van der Waals surface area contributed by atoms with Crippen LogP contribution in [0.5, 0.6) is 11.5 Å². The maximum absolute atomic E-state index is 10.5. The van der Waals surface area contributed by atoms with Gasteiger partial charge in [-0.15, -0.1) is 11.5 Å². The molecule has 0 fully saturated rings. The number of nitrogens with zero attached hydrogens (tertiary/aromatic N) is 2. The molecule has 0 radical (unpaired) electrons. The maximum Gasteiger partial charge on any atom is 2.00 e.